The first-order chi connectivity index (χ1) is 14.2. The summed E-state index contributed by atoms with van der Waals surface area (Å²) in [6.07, 6.45) is -5.07. The number of aliphatic hydroxyl groups is 5. The Bertz CT molecular complexity index is 785. The van der Waals surface area contributed by atoms with Gasteiger partial charge >= 0.3 is 5.97 Å². The molecule has 30 heavy (non-hydrogen) atoms. The summed E-state index contributed by atoms with van der Waals surface area (Å²) in [5.41, 5.74) is 2.99. The van der Waals surface area contributed by atoms with Gasteiger partial charge in [0.1, 0.15) is 30.5 Å². The van der Waals surface area contributed by atoms with Gasteiger partial charge in [0.15, 0.2) is 6.29 Å². The molecule has 9 nitrogen and oxygen atoms in total. The molecule has 2 aliphatic carbocycles. The van der Waals surface area contributed by atoms with Crippen molar-refractivity contribution in [1.29, 1.82) is 0 Å². The predicted molar refractivity (Wildman–Crippen MR) is 102 cm³/mol. The molecular weight excluding hydrogens is 396 g/mol. The lowest BCUT2D eigenvalue weighted by molar-refractivity contribution is -0.299. The number of hydrogen-bond acceptors (Lipinski definition) is 9. The Morgan fingerprint density at radius 1 is 1.20 bits per heavy atom. The highest BCUT2D eigenvalue weighted by Crippen LogP contribution is 2.48. The fraction of sp³-hybridized carbons (Fsp3) is 0.667. The summed E-state index contributed by atoms with van der Waals surface area (Å²) in [6.45, 7) is 5.19. The molecule has 0 aromatic heterocycles. The predicted octanol–water partition coefficient (Wildman–Crippen LogP) is -1.07. The third-order valence-corrected chi connectivity index (χ3v) is 6.78. The number of allylic oxidation sites excluding steroid dienone is 1. The van der Waals surface area contributed by atoms with Crippen LogP contribution >= 0.6 is 0 Å². The van der Waals surface area contributed by atoms with Crippen molar-refractivity contribution in [2.24, 2.45) is 11.8 Å². The molecule has 0 unspecified atom stereocenters. The van der Waals surface area contributed by atoms with Crippen LogP contribution in [0.4, 0.5) is 0 Å². The number of carbonyl (C=O) groups excluding carboxylic acids is 1. The molecule has 0 amide bonds. The minimum Gasteiger partial charge on any atom is -0.457 e. The summed E-state index contributed by atoms with van der Waals surface area (Å²) in [5.74, 6) is -1.05. The van der Waals surface area contributed by atoms with Crippen molar-refractivity contribution in [2.45, 2.75) is 62.7 Å². The number of hydrogen-bond donors (Lipinski definition) is 5. The molecule has 2 saturated heterocycles. The van der Waals surface area contributed by atoms with Crippen molar-refractivity contribution in [2.75, 3.05) is 13.2 Å². The summed E-state index contributed by atoms with van der Waals surface area (Å²) in [7, 11) is 0. The van der Waals surface area contributed by atoms with Gasteiger partial charge in [0, 0.05) is 17.4 Å². The van der Waals surface area contributed by atoms with Crippen molar-refractivity contribution in [3.63, 3.8) is 0 Å². The van der Waals surface area contributed by atoms with Crippen molar-refractivity contribution < 1.29 is 44.5 Å². The summed E-state index contributed by atoms with van der Waals surface area (Å²) < 4.78 is 16.7. The lowest BCUT2D eigenvalue weighted by Gasteiger charge is -2.39. The molecule has 9 heteroatoms. The van der Waals surface area contributed by atoms with Gasteiger partial charge in [-0.05, 0) is 30.9 Å². The summed E-state index contributed by atoms with van der Waals surface area (Å²) in [4.78, 5) is 12.1. The maximum atomic E-state index is 12.1. The average Bonchev–Trinajstić information content (AvgIpc) is 3.24. The SMILES string of the molecule is C=C1C(=O)O[C@@H]2[C@H]3C(CO[C@@H]4O[C@H](CO)[C@@H](O)[C@H](O)[C@H]4O)=CCC3=C(C)[C@H](O)C[C@@H]12. The molecule has 0 aromatic carbocycles. The van der Waals surface area contributed by atoms with E-state index in [1.807, 2.05) is 13.0 Å². The van der Waals surface area contributed by atoms with E-state index >= 15 is 0 Å². The van der Waals surface area contributed by atoms with Crippen LogP contribution in [-0.4, -0.2) is 87.6 Å². The zero-order valence-electron chi connectivity index (χ0n) is 16.7. The van der Waals surface area contributed by atoms with Crippen LogP contribution in [0.5, 0.6) is 0 Å². The van der Waals surface area contributed by atoms with Crippen LogP contribution in [0.3, 0.4) is 0 Å². The molecule has 2 fully saturated rings. The quantitative estimate of drug-likeness (QED) is 0.216. The maximum Gasteiger partial charge on any atom is 0.334 e. The van der Waals surface area contributed by atoms with E-state index in [1.165, 1.54) is 0 Å². The lowest BCUT2D eigenvalue weighted by atomic mass is 9.83. The van der Waals surface area contributed by atoms with E-state index in [4.69, 9.17) is 14.2 Å². The molecule has 4 aliphatic rings. The maximum absolute atomic E-state index is 12.1. The topological polar surface area (TPSA) is 146 Å². The number of rotatable bonds is 4. The highest BCUT2D eigenvalue weighted by Gasteiger charge is 2.50. The molecule has 0 bridgehead atoms. The van der Waals surface area contributed by atoms with E-state index in [9.17, 15) is 30.3 Å². The van der Waals surface area contributed by atoms with E-state index < -0.39 is 55.5 Å². The first kappa shape index (κ1) is 21.6. The van der Waals surface area contributed by atoms with E-state index in [-0.39, 0.29) is 18.4 Å². The minimum absolute atomic E-state index is 0.0213. The van der Waals surface area contributed by atoms with Gasteiger partial charge in [0.05, 0.1) is 19.3 Å². The molecule has 0 radical (unpaired) electrons. The molecule has 9 atom stereocenters. The summed E-state index contributed by atoms with van der Waals surface area (Å²) in [6, 6.07) is 0. The average molecular weight is 424 g/mol. The number of aliphatic hydroxyl groups excluding tert-OH is 5. The Hall–Kier alpha value is -1.59. The van der Waals surface area contributed by atoms with Gasteiger partial charge in [-0.25, -0.2) is 4.79 Å². The third-order valence-electron chi connectivity index (χ3n) is 6.78. The Kier molecular flexibility index (Phi) is 5.88. The van der Waals surface area contributed by atoms with Crippen LogP contribution in [0, 0.1) is 11.8 Å². The molecule has 0 spiro atoms. The molecular formula is C21H28O9. The lowest BCUT2D eigenvalue weighted by Crippen LogP contribution is -2.59. The largest absolute Gasteiger partial charge is 0.457 e. The zero-order valence-corrected chi connectivity index (χ0v) is 16.7. The van der Waals surface area contributed by atoms with Gasteiger partial charge in [-0.15, -0.1) is 0 Å². The molecule has 0 saturated carbocycles. The molecule has 5 N–H and O–H groups in total. The van der Waals surface area contributed by atoms with E-state index in [0.29, 0.717) is 18.4 Å². The molecule has 4 rings (SSSR count). The molecule has 2 aliphatic heterocycles. The van der Waals surface area contributed by atoms with Crippen molar-refractivity contribution in [3.8, 4) is 0 Å². The van der Waals surface area contributed by atoms with Crippen LogP contribution in [0.15, 0.2) is 34.9 Å². The van der Waals surface area contributed by atoms with Gasteiger partial charge in [0.25, 0.3) is 0 Å². The number of carbonyl (C=O) groups is 1. The number of fused-ring (bicyclic) bond motifs is 3. The van der Waals surface area contributed by atoms with Crippen molar-refractivity contribution in [3.05, 3.63) is 34.9 Å². The second kappa shape index (κ2) is 8.16. The van der Waals surface area contributed by atoms with Crippen LogP contribution in [-0.2, 0) is 19.0 Å². The van der Waals surface area contributed by atoms with Crippen LogP contribution in [0.2, 0.25) is 0 Å². The monoisotopic (exact) mass is 424 g/mol. The van der Waals surface area contributed by atoms with E-state index in [0.717, 1.165) is 16.7 Å². The van der Waals surface area contributed by atoms with Gasteiger partial charge in [-0.1, -0.05) is 18.2 Å². The fourth-order valence-electron chi connectivity index (χ4n) is 4.91. The Balaban J connectivity index is 1.53. The smallest absolute Gasteiger partial charge is 0.334 e. The first-order valence-electron chi connectivity index (χ1n) is 10.1. The molecule has 0 aromatic rings. The number of ether oxygens (including phenoxy) is 3. The normalized spacial score (nSPS) is 43.8. The van der Waals surface area contributed by atoms with Crippen molar-refractivity contribution >= 4 is 5.97 Å². The van der Waals surface area contributed by atoms with Crippen molar-refractivity contribution in [1.82, 2.24) is 0 Å². The second-order valence-corrected chi connectivity index (χ2v) is 8.43. The van der Waals surface area contributed by atoms with E-state index in [1.54, 1.807) is 0 Å². The fourth-order valence-corrected chi connectivity index (χ4v) is 4.91. The summed E-state index contributed by atoms with van der Waals surface area (Å²) >= 11 is 0. The Morgan fingerprint density at radius 2 is 1.93 bits per heavy atom. The first-order valence-corrected chi connectivity index (χ1v) is 10.1. The zero-order chi connectivity index (χ0) is 21.7. The van der Waals surface area contributed by atoms with Crippen LogP contribution < -0.4 is 0 Å². The van der Waals surface area contributed by atoms with E-state index in [2.05, 4.69) is 6.58 Å². The minimum atomic E-state index is -1.52. The molecule has 166 valence electrons. The highest BCUT2D eigenvalue weighted by atomic mass is 16.7. The number of esters is 1. The summed E-state index contributed by atoms with van der Waals surface area (Å²) in [5, 5.41) is 49.9. The van der Waals surface area contributed by atoms with Gasteiger partial charge < -0.3 is 39.7 Å². The highest BCUT2D eigenvalue weighted by molar-refractivity contribution is 5.91. The standard InChI is InChI=1S/C21H28O9/c1-8-11-4-3-10(7-28-21-18(26)17(25)16(24)14(6-22)29-21)15(11)19-12(5-13(8)23)9(2)20(27)30-19/h3,12-19,21-26H,2,4-7H2,1H3/t12-,13+,14+,15-,16+,17-,18+,19-,21+/m0/s1. The Labute approximate surface area is 173 Å². The van der Waals surface area contributed by atoms with Gasteiger partial charge in [-0.2, -0.15) is 0 Å². The molecule has 2 heterocycles. The van der Waals surface area contributed by atoms with Gasteiger partial charge in [-0.3, -0.25) is 0 Å². The third kappa shape index (κ3) is 3.44. The Morgan fingerprint density at radius 3 is 2.63 bits per heavy atom. The van der Waals surface area contributed by atoms with Crippen LogP contribution in [0.1, 0.15) is 19.8 Å². The van der Waals surface area contributed by atoms with Crippen LogP contribution in [0.25, 0.3) is 0 Å². The second-order valence-electron chi connectivity index (χ2n) is 8.43. The van der Waals surface area contributed by atoms with Gasteiger partial charge in [0.2, 0.25) is 0 Å².